The molecule has 3 nitrogen and oxygen atoms in total. The maximum Gasteiger partial charge on any atom is 0.139 e. The van der Waals surface area contributed by atoms with Crippen LogP contribution in [0.4, 0.5) is 0 Å². The molecule has 1 aromatic rings. The average Bonchev–Trinajstić information content (AvgIpc) is 2.37. The summed E-state index contributed by atoms with van der Waals surface area (Å²) in [6.07, 6.45) is 0.955. The highest BCUT2D eigenvalue weighted by Gasteiger charge is 2.20. The number of benzene rings is 1. The third-order valence-electron chi connectivity index (χ3n) is 2.66. The van der Waals surface area contributed by atoms with Gasteiger partial charge >= 0.3 is 0 Å². The van der Waals surface area contributed by atoms with Crippen LogP contribution >= 0.6 is 11.6 Å². The van der Waals surface area contributed by atoms with Gasteiger partial charge in [0.25, 0.3) is 0 Å². The Balaban J connectivity index is 2.24. The number of ether oxygens (including phenoxy) is 1. The Morgan fingerprint density at radius 3 is 3.06 bits per heavy atom. The number of halogens is 1. The molecule has 1 aromatic carbocycles. The van der Waals surface area contributed by atoms with Crippen molar-refractivity contribution in [2.75, 3.05) is 19.7 Å². The molecule has 0 aliphatic carbocycles. The smallest absolute Gasteiger partial charge is 0.139 e. The van der Waals surface area contributed by atoms with Crippen LogP contribution in [0.15, 0.2) is 29.3 Å². The normalized spacial score (nSPS) is 17.2. The molecule has 1 heterocycles. The van der Waals surface area contributed by atoms with E-state index in [1.54, 1.807) is 0 Å². The number of hydrogen-bond donors (Lipinski definition) is 1. The van der Waals surface area contributed by atoms with E-state index in [4.69, 9.17) is 16.3 Å². The minimum Gasteiger partial charge on any atom is -0.371 e. The first-order valence-corrected chi connectivity index (χ1v) is 6.34. The van der Waals surface area contributed by atoms with Gasteiger partial charge in [-0.05, 0) is 31.0 Å². The molecule has 0 spiro atoms. The maximum absolute atomic E-state index is 6.01. The molecule has 1 N–H and O–H groups in total. The van der Waals surface area contributed by atoms with E-state index in [0.717, 1.165) is 35.9 Å². The predicted molar refractivity (Wildman–Crippen MR) is 70.7 cm³/mol. The van der Waals surface area contributed by atoms with Gasteiger partial charge in [-0.2, -0.15) is 0 Å². The fourth-order valence-electron chi connectivity index (χ4n) is 1.90. The summed E-state index contributed by atoms with van der Waals surface area (Å²) in [5.74, 6) is 0.917. The molecule has 0 saturated carbocycles. The number of aliphatic imine (C=N–C) groups is 1. The van der Waals surface area contributed by atoms with Gasteiger partial charge in [0, 0.05) is 24.7 Å². The molecule has 0 saturated heterocycles. The summed E-state index contributed by atoms with van der Waals surface area (Å²) >= 11 is 6.01. The molecule has 0 amide bonds. The first-order chi connectivity index (χ1) is 8.31. The zero-order chi connectivity index (χ0) is 12.1. The van der Waals surface area contributed by atoms with Gasteiger partial charge in [-0.1, -0.05) is 23.7 Å². The molecule has 0 unspecified atom stereocenters. The molecule has 1 atom stereocenters. The van der Waals surface area contributed by atoms with Gasteiger partial charge in [0.05, 0.1) is 0 Å². The molecule has 0 bridgehead atoms. The minimum atomic E-state index is -0.126. The third kappa shape index (κ3) is 3.20. The molecule has 1 aliphatic heterocycles. The Labute approximate surface area is 107 Å². The quantitative estimate of drug-likeness (QED) is 0.894. The summed E-state index contributed by atoms with van der Waals surface area (Å²) in [5, 5.41) is 4.03. The summed E-state index contributed by atoms with van der Waals surface area (Å²) in [4.78, 5) is 4.49. The van der Waals surface area contributed by atoms with E-state index in [2.05, 4.69) is 10.3 Å². The summed E-state index contributed by atoms with van der Waals surface area (Å²) in [5.41, 5.74) is 1.05. The Bertz CT molecular complexity index is 406. The summed E-state index contributed by atoms with van der Waals surface area (Å²) < 4.78 is 5.77. The van der Waals surface area contributed by atoms with Crippen molar-refractivity contribution in [3.8, 4) is 0 Å². The Kier molecular flexibility index (Phi) is 4.40. The lowest BCUT2D eigenvalue weighted by atomic mass is 10.1. The van der Waals surface area contributed by atoms with Crippen LogP contribution in [0.25, 0.3) is 0 Å². The van der Waals surface area contributed by atoms with Crippen LogP contribution in [0.3, 0.4) is 0 Å². The third-order valence-corrected chi connectivity index (χ3v) is 2.89. The van der Waals surface area contributed by atoms with E-state index in [-0.39, 0.29) is 6.10 Å². The van der Waals surface area contributed by atoms with Gasteiger partial charge in [-0.15, -0.1) is 0 Å². The highest BCUT2D eigenvalue weighted by atomic mass is 35.5. The zero-order valence-corrected chi connectivity index (χ0v) is 10.7. The lowest BCUT2D eigenvalue weighted by Crippen LogP contribution is -2.35. The Morgan fingerprint density at radius 2 is 2.41 bits per heavy atom. The van der Waals surface area contributed by atoms with Crippen molar-refractivity contribution in [3.05, 3.63) is 34.9 Å². The van der Waals surface area contributed by atoms with Gasteiger partial charge < -0.3 is 10.1 Å². The molecular weight excluding hydrogens is 236 g/mol. The van der Waals surface area contributed by atoms with Crippen LogP contribution < -0.4 is 5.32 Å². The molecule has 92 valence electrons. The summed E-state index contributed by atoms with van der Waals surface area (Å²) in [6.45, 7) is 4.47. The van der Waals surface area contributed by atoms with Crippen molar-refractivity contribution >= 4 is 17.4 Å². The van der Waals surface area contributed by atoms with Crippen molar-refractivity contribution in [2.45, 2.75) is 19.4 Å². The monoisotopic (exact) mass is 252 g/mol. The van der Waals surface area contributed by atoms with E-state index in [1.807, 2.05) is 31.2 Å². The second-order valence-corrected chi connectivity index (χ2v) is 4.37. The zero-order valence-electron chi connectivity index (χ0n) is 9.95. The molecule has 4 heteroatoms. The van der Waals surface area contributed by atoms with Gasteiger partial charge in [-0.3, -0.25) is 4.99 Å². The van der Waals surface area contributed by atoms with Crippen molar-refractivity contribution in [1.29, 1.82) is 0 Å². The van der Waals surface area contributed by atoms with E-state index >= 15 is 0 Å². The van der Waals surface area contributed by atoms with E-state index in [9.17, 15) is 0 Å². The topological polar surface area (TPSA) is 33.6 Å². The van der Waals surface area contributed by atoms with Gasteiger partial charge in [0.2, 0.25) is 0 Å². The van der Waals surface area contributed by atoms with Crippen LogP contribution in [0.5, 0.6) is 0 Å². The summed E-state index contributed by atoms with van der Waals surface area (Å²) in [7, 11) is 0. The fraction of sp³-hybridized carbons (Fsp3) is 0.462. The van der Waals surface area contributed by atoms with Gasteiger partial charge in [0.1, 0.15) is 11.9 Å². The number of amidine groups is 1. The first kappa shape index (κ1) is 12.4. The number of nitrogens with zero attached hydrogens (tertiary/aromatic N) is 1. The number of rotatable bonds is 4. The lowest BCUT2D eigenvalue weighted by molar-refractivity contribution is 0.107. The molecule has 0 radical (unpaired) electrons. The summed E-state index contributed by atoms with van der Waals surface area (Å²) in [6, 6.07) is 7.75. The van der Waals surface area contributed by atoms with Crippen molar-refractivity contribution < 1.29 is 4.74 Å². The maximum atomic E-state index is 6.01. The van der Waals surface area contributed by atoms with Crippen molar-refractivity contribution in [1.82, 2.24) is 5.32 Å². The van der Waals surface area contributed by atoms with E-state index < -0.39 is 0 Å². The SMILES string of the molecule is CCO[C@@H](C1=NCCCN1)c1cccc(Cl)c1. The van der Waals surface area contributed by atoms with Crippen LogP contribution in [0.1, 0.15) is 25.0 Å². The second-order valence-electron chi connectivity index (χ2n) is 3.94. The Morgan fingerprint density at radius 1 is 1.53 bits per heavy atom. The molecule has 2 rings (SSSR count). The molecule has 0 fully saturated rings. The molecule has 0 aromatic heterocycles. The molecule has 17 heavy (non-hydrogen) atoms. The van der Waals surface area contributed by atoms with Crippen molar-refractivity contribution in [3.63, 3.8) is 0 Å². The standard InChI is InChI=1S/C13H17ClN2O/c1-2-17-12(13-15-7-4-8-16-13)10-5-3-6-11(14)9-10/h3,5-6,9,12H,2,4,7-8H2,1H3,(H,15,16)/t12-/m1/s1. The van der Waals surface area contributed by atoms with E-state index in [0.29, 0.717) is 6.61 Å². The van der Waals surface area contributed by atoms with Gasteiger partial charge in [0.15, 0.2) is 0 Å². The van der Waals surface area contributed by atoms with Gasteiger partial charge in [-0.25, -0.2) is 0 Å². The Hall–Kier alpha value is -1.06. The fourth-order valence-corrected chi connectivity index (χ4v) is 2.09. The molecular formula is C13H17ClN2O. The second kappa shape index (κ2) is 6.03. The first-order valence-electron chi connectivity index (χ1n) is 5.96. The number of hydrogen-bond acceptors (Lipinski definition) is 3. The minimum absolute atomic E-state index is 0.126. The van der Waals surface area contributed by atoms with Crippen LogP contribution in [-0.2, 0) is 4.74 Å². The molecule has 1 aliphatic rings. The van der Waals surface area contributed by atoms with Crippen LogP contribution in [-0.4, -0.2) is 25.5 Å². The van der Waals surface area contributed by atoms with Crippen LogP contribution in [0, 0.1) is 0 Å². The lowest BCUT2D eigenvalue weighted by Gasteiger charge is -2.23. The average molecular weight is 253 g/mol. The van der Waals surface area contributed by atoms with Crippen LogP contribution in [0.2, 0.25) is 5.02 Å². The van der Waals surface area contributed by atoms with E-state index in [1.165, 1.54) is 0 Å². The number of nitrogens with one attached hydrogen (secondary N) is 1. The van der Waals surface area contributed by atoms with Crippen molar-refractivity contribution in [2.24, 2.45) is 4.99 Å². The largest absolute Gasteiger partial charge is 0.371 e. The predicted octanol–water partition coefficient (Wildman–Crippen LogP) is 2.81. The highest BCUT2D eigenvalue weighted by Crippen LogP contribution is 2.22. The highest BCUT2D eigenvalue weighted by molar-refractivity contribution is 6.30.